The molecule has 106 valence electrons. The number of hydrogen-bond acceptors (Lipinski definition) is 3. The van der Waals surface area contributed by atoms with Crippen LogP contribution in [0.4, 0.5) is 5.69 Å². The lowest BCUT2D eigenvalue weighted by molar-refractivity contribution is 0.198. The number of aliphatic hydroxyl groups excluding tert-OH is 1. The maximum atomic E-state index is 9.67. The van der Waals surface area contributed by atoms with Gasteiger partial charge in [0.2, 0.25) is 0 Å². The predicted molar refractivity (Wildman–Crippen MR) is 83.7 cm³/mol. The molecule has 0 amide bonds. The van der Waals surface area contributed by atoms with Crippen LogP contribution in [0.5, 0.6) is 0 Å². The molecule has 2 unspecified atom stereocenters. The van der Waals surface area contributed by atoms with Crippen molar-refractivity contribution in [3.63, 3.8) is 0 Å². The van der Waals surface area contributed by atoms with E-state index in [0.29, 0.717) is 6.04 Å². The van der Waals surface area contributed by atoms with E-state index in [1.54, 1.807) is 6.92 Å². The Hall–Kier alpha value is -0.580. The van der Waals surface area contributed by atoms with Crippen LogP contribution in [0.2, 0.25) is 0 Å². The minimum Gasteiger partial charge on any atom is -0.389 e. The van der Waals surface area contributed by atoms with Gasteiger partial charge in [0.1, 0.15) is 0 Å². The summed E-state index contributed by atoms with van der Waals surface area (Å²) in [7, 11) is 2.21. The van der Waals surface area contributed by atoms with Crippen molar-refractivity contribution in [3.8, 4) is 0 Å². The van der Waals surface area contributed by atoms with Crippen LogP contribution in [-0.4, -0.2) is 42.7 Å². The van der Waals surface area contributed by atoms with E-state index >= 15 is 0 Å². The molecule has 1 heterocycles. The topological polar surface area (TPSA) is 26.7 Å². The van der Waals surface area contributed by atoms with Gasteiger partial charge >= 0.3 is 0 Å². The first-order valence-electron chi connectivity index (χ1n) is 6.95. The lowest BCUT2D eigenvalue weighted by Crippen LogP contribution is -2.51. The largest absolute Gasteiger partial charge is 0.389 e. The number of benzene rings is 1. The Bertz CT molecular complexity index is 436. The van der Waals surface area contributed by atoms with E-state index in [2.05, 4.69) is 51.8 Å². The van der Waals surface area contributed by atoms with Gasteiger partial charge in [-0.3, -0.25) is 4.90 Å². The molecule has 0 aliphatic carbocycles. The van der Waals surface area contributed by atoms with E-state index in [4.69, 9.17) is 0 Å². The third-order valence-electron chi connectivity index (χ3n) is 4.05. The molecule has 1 aromatic rings. The number of hydrogen-bond donors (Lipinski definition) is 1. The number of piperazine rings is 1. The van der Waals surface area contributed by atoms with E-state index < -0.39 is 6.10 Å². The average molecular weight is 327 g/mol. The molecule has 1 fully saturated rings. The van der Waals surface area contributed by atoms with Crippen LogP contribution in [0.25, 0.3) is 0 Å². The number of aliphatic hydroxyl groups is 1. The predicted octanol–water partition coefficient (Wildman–Crippen LogP) is 3.03. The summed E-state index contributed by atoms with van der Waals surface area (Å²) in [4.78, 5) is 4.88. The minimum atomic E-state index is -0.431. The molecule has 0 aromatic heterocycles. The molecule has 3 nitrogen and oxygen atoms in total. The summed E-state index contributed by atoms with van der Waals surface area (Å²) in [5.41, 5.74) is 2.19. The third kappa shape index (κ3) is 3.30. The van der Waals surface area contributed by atoms with E-state index in [1.165, 1.54) is 12.1 Å². The molecule has 0 radical (unpaired) electrons. The lowest BCUT2D eigenvalue weighted by atomic mass is 10.1. The van der Waals surface area contributed by atoms with E-state index in [0.717, 1.165) is 29.7 Å². The molecule has 0 spiro atoms. The molecule has 19 heavy (non-hydrogen) atoms. The number of likely N-dealkylation sites (N-methyl/N-ethyl adjacent to an activating group) is 1. The molecule has 1 N–H and O–H groups in total. The standard InChI is InChI=1S/C15H23BrN2O/c1-4-12-10-18(8-7-17(12)3)13-5-6-14(11(2)19)15(16)9-13/h5-6,9,11-12,19H,4,7-8,10H2,1-3H3. The first-order chi connectivity index (χ1) is 9.02. The highest BCUT2D eigenvalue weighted by atomic mass is 79.9. The summed E-state index contributed by atoms with van der Waals surface area (Å²) >= 11 is 3.56. The molecule has 1 saturated heterocycles. The van der Waals surface area contributed by atoms with Crippen molar-refractivity contribution in [2.45, 2.75) is 32.4 Å². The van der Waals surface area contributed by atoms with Gasteiger partial charge in [0, 0.05) is 35.8 Å². The smallest absolute Gasteiger partial charge is 0.0772 e. The quantitative estimate of drug-likeness (QED) is 0.924. The van der Waals surface area contributed by atoms with Crippen LogP contribution in [0, 0.1) is 0 Å². The lowest BCUT2D eigenvalue weighted by Gasteiger charge is -2.40. The van der Waals surface area contributed by atoms with Gasteiger partial charge in [-0.25, -0.2) is 0 Å². The second kappa shape index (κ2) is 6.25. The third-order valence-corrected chi connectivity index (χ3v) is 4.73. The second-order valence-electron chi connectivity index (χ2n) is 5.37. The number of nitrogens with zero attached hydrogens (tertiary/aromatic N) is 2. The van der Waals surface area contributed by atoms with Crippen molar-refractivity contribution in [1.82, 2.24) is 4.90 Å². The van der Waals surface area contributed by atoms with Gasteiger partial charge in [-0.15, -0.1) is 0 Å². The van der Waals surface area contributed by atoms with Gasteiger partial charge in [0.05, 0.1) is 6.10 Å². The monoisotopic (exact) mass is 326 g/mol. The number of halogens is 1. The highest BCUT2D eigenvalue weighted by Crippen LogP contribution is 2.29. The fourth-order valence-electron chi connectivity index (χ4n) is 2.67. The molecule has 1 aliphatic heterocycles. The molecule has 2 rings (SSSR count). The highest BCUT2D eigenvalue weighted by Gasteiger charge is 2.23. The van der Waals surface area contributed by atoms with Crippen molar-refractivity contribution in [2.75, 3.05) is 31.6 Å². The van der Waals surface area contributed by atoms with Crippen LogP contribution in [0.3, 0.4) is 0 Å². The molecule has 0 bridgehead atoms. The van der Waals surface area contributed by atoms with Crippen LogP contribution in [-0.2, 0) is 0 Å². The molecule has 0 saturated carbocycles. The average Bonchev–Trinajstić information content (AvgIpc) is 2.38. The van der Waals surface area contributed by atoms with Crippen molar-refractivity contribution >= 4 is 21.6 Å². The fourth-order valence-corrected chi connectivity index (χ4v) is 3.37. The Balaban J connectivity index is 2.16. The minimum absolute atomic E-state index is 0.431. The summed E-state index contributed by atoms with van der Waals surface area (Å²) < 4.78 is 0.993. The first-order valence-corrected chi connectivity index (χ1v) is 7.75. The zero-order chi connectivity index (χ0) is 14.0. The van der Waals surface area contributed by atoms with Crippen molar-refractivity contribution in [3.05, 3.63) is 28.2 Å². The highest BCUT2D eigenvalue weighted by molar-refractivity contribution is 9.10. The normalized spacial score (nSPS) is 22.6. The molecule has 2 atom stereocenters. The van der Waals surface area contributed by atoms with Crippen LogP contribution < -0.4 is 4.90 Å². The Kier molecular flexibility index (Phi) is 4.87. The van der Waals surface area contributed by atoms with Crippen molar-refractivity contribution in [2.24, 2.45) is 0 Å². The Labute approximate surface area is 124 Å². The van der Waals surface area contributed by atoms with Gasteiger partial charge in [0.25, 0.3) is 0 Å². The summed E-state index contributed by atoms with van der Waals surface area (Å²) in [6, 6.07) is 6.89. The first kappa shape index (κ1) is 14.8. The number of rotatable bonds is 3. The Morgan fingerprint density at radius 1 is 1.42 bits per heavy atom. The van der Waals surface area contributed by atoms with Gasteiger partial charge in [-0.05, 0) is 38.1 Å². The Morgan fingerprint density at radius 2 is 2.16 bits per heavy atom. The van der Waals surface area contributed by atoms with Crippen LogP contribution in [0.1, 0.15) is 31.9 Å². The zero-order valence-electron chi connectivity index (χ0n) is 11.9. The molecule has 1 aliphatic rings. The van der Waals surface area contributed by atoms with Gasteiger partial charge in [-0.2, -0.15) is 0 Å². The van der Waals surface area contributed by atoms with Gasteiger partial charge in [0.15, 0.2) is 0 Å². The second-order valence-corrected chi connectivity index (χ2v) is 6.22. The van der Waals surface area contributed by atoms with E-state index in [-0.39, 0.29) is 0 Å². The maximum Gasteiger partial charge on any atom is 0.0772 e. The fraction of sp³-hybridized carbons (Fsp3) is 0.600. The molecular weight excluding hydrogens is 304 g/mol. The van der Waals surface area contributed by atoms with Gasteiger partial charge in [-0.1, -0.05) is 28.9 Å². The molecule has 4 heteroatoms. The van der Waals surface area contributed by atoms with E-state index in [9.17, 15) is 5.11 Å². The maximum absolute atomic E-state index is 9.67. The molecular formula is C15H23BrN2O. The summed E-state index contributed by atoms with van der Waals surface area (Å²) in [6.45, 7) is 7.29. The summed E-state index contributed by atoms with van der Waals surface area (Å²) in [6.07, 6.45) is 0.749. The van der Waals surface area contributed by atoms with Crippen molar-refractivity contribution in [1.29, 1.82) is 0 Å². The van der Waals surface area contributed by atoms with Crippen LogP contribution in [0.15, 0.2) is 22.7 Å². The van der Waals surface area contributed by atoms with Gasteiger partial charge < -0.3 is 10.0 Å². The summed E-state index contributed by atoms with van der Waals surface area (Å²) in [5.74, 6) is 0. The van der Waals surface area contributed by atoms with Crippen molar-refractivity contribution < 1.29 is 5.11 Å². The Morgan fingerprint density at radius 3 is 2.74 bits per heavy atom. The summed E-state index contributed by atoms with van der Waals surface area (Å²) in [5, 5.41) is 9.67. The number of anilines is 1. The molecule has 1 aromatic carbocycles. The SMILES string of the molecule is CCC1CN(c2ccc(C(C)O)c(Br)c2)CCN1C. The van der Waals surface area contributed by atoms with Crippen LogP contribution >= 0.6 is 15.9 Å². The van der Waals surface area contributed by atoms with E-state index in [1.807, 2.05) is 6.07 Å². The zero-order valence-corrected chi connectivity index (χ0v) is 13.5.